The van der Waals surface area contributed by atoms with Crippen LogP contribution < -0.4 is 5.32 Å². The van der Waals surface area contributed by atoms with Crippen molar-refractivity contribution in [3.05, 3.63) is 77.9 Å². The van der Waals surface area contributed by atoms with Crippen molar-refractivity contribution in [1.29, 1.82) is 0 Å². The first-order valence-electron chi connectivity index (χ1n) is 11.0. The van der Waals surface area contributed by atoms with Gasteiger partial charge in [0, 0.05) is 12.1 Å². The molecular weight excluding hydrogens is 388 g/mol. The fraction of sp³-hybridized carbons (Fsp3) is 0.346. The van der Waals surface area contributed by atoms with Crippen LogP contribution in [0.4, 0.5) is 5.69 Å². The maximum atomic E-state index is 13.5. The highest BCUT2D eigenvalue weighted by Gasteiger charge is 2.58. The van der Waals surface area contributed by atoms with E-state index < -0.39 is 6.04 Å². The lowest BCUT2D eigenvalue weighted by Gasteiger charge is -2.38. The highest BCUT2D eigenvalue weighted by molar-refractivity contribution is 6.10. The van der Waals surface area contributed by atoms with Crippen LogP contribution >= 0.6 is 0 Å². The first kappa shape index (κ1) is 19.7. The second-order valence-corrected chi connectivity index (χ2v) is 8.95. The summed E-state index contributed by atoms with van der Waals surface area (Å²) in [5.41, 5.74) is 2.67. The lowest BCUT2D eigenvalue weighted by atomic mass is 9.63. The van der Waals surface area contributed by atoms with Gasteiger partial charge in [0.15, 0.2) is 0 Å². The molecule has 1 N–H and O–H groups in total. The van der Waals surface area contributed by atoms with Crippen LogP contribution in [0.25, 0.3) is 0 Å². The number of allylic oxidation sites excluding steroid dienone is 2. The molecule has 5 nitrogen and oxygen atoms in total. The van der Waals surface area contributed by atoms with E-state index in [-0.39, 0.29) is 41.4 Å². The van der Waals surface area contributed by atoms with Gasteiger partial charge in [0.25, 0.3) is 0 Å². The molecule has 0 aromatic heterocycles. The van der Waals surface area contributed by atoms with Gasteiger partial charge in [-0.05, 0) is 49.3 Å². The minimum absolute atomic E-state index is 0.106. The summed E-state index contributed by atoms with van der Waals surface area (Å²) in [4.78, 5) is 41.6. The molecule has 1 saturated carbocycles. The monoisotopic (exact) mass is 414 g/mol. The average molecular weight is 415 g/mol. The van der Waals surface area contributed by atoms with Crippen LogP contribution in [-0.4, -0.2) is 28.7 Å². The molecule has 5 atom stereocenters. The van der Waals surface area contributed by atoms with Gasteiger partial charge in [-0.25, -0.2) is 0 Å². The van der Waals surface area contributed by atoms with Gasteiger partial charge in [-0.3, -0.25) is 19.3 Å². The van der Waals surface area contributed by atoms with Crippen molar-refractivity contribution in [3.63, 3.8) is 0 Å². The number of benzene rings is 2. The molecule has 2 bridgehead atoms. The van der Waals surface area contributed by atoms with Crippen LogP contribution in [0.3, 0.4) is 0 Å². The fourth-order valence-electron chi connectivity index (χ4n) is 5.41. The number of fused-ring (bicyclic) bond motifs is 1. The lowest BCUT2D eigenvalue weighted by Crippen LogP contribution is -2.49. The largest absolute Gasteiger partial charge is 0.324 e. The summed E-state index contributed by atoms with van der Waals surface area (Å²) in [6, 6.07) is 16.2. The van der Waals surface area contributed by atoms with Gasteiger partial charge in [0.05, 0.1) is 11.8 Å². The third-order valence-corrected chi connectivity index (χ3v) is 7.00. The van der Waals surface area contributed by atoms with Gasteiger partial charge in [0.1, 0.15) is 6.04 Å². The van der Waals surface area contributed by atoms with Crippen LogP contribution in [0.1, 0.15) is 24.0 Å². The van der Waals surface area contributed by atoms with Gasteiger partial charge in [-0.15, -0.1) is 0 Å². The molecule has 5 heteroatoms. The molecule has 1 aliphatic heterocycles. The van der Waals surface area contributed by atoms with Gasteiger partial charge in [-0.2, -0.15) is 0 Å². The number of amides is 3. The van der Waals surface area contributed by atoms with E-state index in [1.165, 1.54) is 4.90 Å². The predicted molar refractivity (Wildman–Crippen MR) is 118 cm³/mol. The smallest absolute Gasteiger partial charge is 0.248 e. The number of imide groups is 1. The molecule has 3 amide bonds. The topological polar surface area (TPSA) is 66.5 Å². The number of anilines is 1. The van der Waals surface area contributed by atoms with Gasteiger partial charge >= 0.3 is 0 Å². The van der Waals surface area contributed by atoms with Crippen molar-refractivity contribution in [1.82, 2.24) is 4.90 Å². The van der Waals surface area contributed by atoms with Crippen LogP contribution in [-0.2, 0) is 20.8 Å². The molecule has 3 aliphatic carbocycles. The number of hydrogen-bond acceptors (Lipinski definition) is 3. The maximum absolute atomic E-state index is 13.5. The quantitative estimate of drug-likeness (QED) is 0.599. The lowest BCUT2D eigenvalue weighted by molar-refractivity contribution is -0.146. The Balaban J connectivity index is 1.46. The summed E-state index contributed by atoms with van der Waals surface area (Å²) in [5, 5.41) is 2.93. The molecule has 0 unspecified atom stereocenters. The summed E-state index contributed by atoms with van der Waals surface area (Å²) < 4.78 is 0. The van der Waals surface area contributed by atoms with Gasteiger partial charge in [-0.1, -0.05) is 60.2 Å². The molecular formula is C26H26N2O3. The van der Waals surface area contributed by atoms with Gasteiger partial charge in [0.2, 0.25) is 17.7 Å². The van der Waals surface area contributed by atoms with Gasteiger partial charge < -0.3 is 5.32 Å². The summed E-state index contributed by atoms with van der Waals surface area (Å²) in [5.74, 6) is -1.12. The zero-order valence-corrected chi connectivity index (χ0v) is 17.5. The Bertz CT molecular complexity index is 1010. The third-order valence-electron chi connectivity index (χ3n) is 7.00. The van der Waals surface area contributed by atoms with Crippen LogP contribution in [0.5, 0.6) is 0 Å². The van der Waals surface area contributed by atoms with E-state index in [2.05, 4.69) is 17.5 Å². The number of aryl methyl sites for hydroxylation is 1. The second-order valence-electron chi connectivity index (χ2n) is 8.95. The first-order chi connectivity index (χ1) is 15.0. The Morgan fingerprint density at radius 3 is 2.06 bits per heavy atom. The van der Waals surface area contributed by atoms with E-state index >= 15 is 0 Å². The SMILES string of the molecule is Cc1ccc(NC(=O)[C@@H](Cc2ccccc2)N2C(=O)[C@@H]3[C@H](C2=O)[C@H]2C=C[C@H]3CC2)cc1. The number of carbonyl (C=O) groups is 3. The van der Waals surface area contributed by atoms with Crippen LogP contribution in [0.2, 0.25) is 0 Å². The van der Waals surface area contributed by atoms with E-state index in [9.17, 15) is 14.4 Å². The predicted octanol–water partition coefficient (Wildman–Crippen LogP) is 3.74. The van der Waals surface area contributed by atoms with E-state index in [1.807, 2.05) is 61.5 Å². The minimum Gasteiger partial charge on any atom is -0.324 e. The summed E-state index contributed by atoms with van der Waals surface area (Å²) >= 11 is 0. The molecule has 6 rings (SSSR count). The molecule has 0 radical (unpaired) electrons. The van der Waals surface area contributed by atoms with Crippen LogP contribution in [0.15, 0.2) is 66.7 Å². The third kappa shape index (κ3) is 3.48. The molecule has 158 valence electrons. The summed E-state index contributed by atoms with van der Waals surface area (Å²) in [6.45, 7) is 1.98. The number of nitrogens with zero attached hydrogens (tertiary/aromatic N) is 1. The number of likely N-dealkylation sites (tertiary alicyclic amines) is 1. The molecule has 1 saturated heterocycles. The average Bonchev–Trinajstić information content (AvgIpc) is 3.07. The van der Waals surface area contributed by atoms with E-state index in [0.717, 1.165) is 24.0 Å². The molecule has 31 heavy (non-hydrogen) atoms. The standard InChI is InChI=1S/C26H26N2O3/c1-16-7-13-20(14-8-16)27-24(29)21(15-17-5-3-2-4-6-17)28-25(30)22-18-9-10-19(12-11-18)23(22)26(28)31/h2-10,13-14,18-19,21-23H,11-12,15H2,1H3,(H,27,29)/t18-,19-,21+,22-,23+/m0/s1. The van der Waals surface area contributed by atoms with Crippen molar-refractivity contribution in [3.8, 4) is 0 Å². The Hall–Kier alpha value is -3.21. The Kier molecular flexibility index (Phi) is 4.97. The van der Waals surface area contributed by atoms with Crippen molar-refractivity contribution < 1.29 is 14.4 Å². The number of rotatable bonds is 5. The van der Waals surface area contributed by atoms with E-state index in [4.69, 9.17) is 0 Å². The molecule has 2 aromatic rings. The highest BCUT2D eigenvalue weighted by Crippen LogP contribution is 2.50. The Morgan fingerprint density at radius 2 is 1.52 bits per heavy atom. The van der Waals surface area contributed by atoms with Crippen molar-refractivity contribution in [2.75, 3.05) is 5.32 Å². The molecule has 1 heterocycles. The molecule has 2 fully saturated rings. The van der Waals surface area contributed by atoms with Crippen molar-refractivity contribution >= 4 is 23.4 Å². The zero-order valence-electron chi connectivity index (χ0n) is 17.5. The Morgan fingerprint density at radius 1 is 0.935 bits per heavy atom. The summed E-state index contributed by atoms with van der Waals surface area (Å²) in [7, 11) is 0. The zero-order chi connectivity index (χ0) is 21.5. The normalized spacial score (nSPS) is 27.3. The summed E-state index contributed by atoms with van der Waals surface area (Å²) in [6.07, 6.45) is 6.38. The van der Waals surface area contributed by atoms with E-state index in [0.29, 0.717) is 12.1 Å². The first-order valence-corrected chi connectivity index (χ1v) is 11.0. The fourth-order valence-corrected chi connectivity index (χ4v) is 5.41. The highest BCUT2D eigenvalue weighted by atomic mass is 16.2. The molecule has 4 aliphatic rings. The minimum atomic E-state index is -0.867. The maximum Gasteiger partial charge on any atom is 0.248 e. The number of hydrogen-bond donors (Lipinski definition) is 1. The number of carbonyl (C=O) groups excluding carboxylic acids is 3. The number of nitrogens with one attached hydrogen (secondary N) is 1. The molecule has 2 aromatic carbocycles. The molecule has 0 spiro atoms. The second kappa shape index (κ2) is 7.80. The Labute approximate surface area is 182 Å². The van der Waals surface area contributed by atoms with E-state index in [1.54, 1.807) is 0 Å². The van der Waals surface area contributed by atoms with Crippen molar-refractivity contribution in [2.24, 2.45) is 23.7 Å². The van der Waals surface area contributed by atoms with Crippen LogP contribution in [0, 0.1) is 30.6 Å². The van der Waals surface area contributed by atoms with Crippen molar-refractivity contribution in [2.45, 2.75) is 32.2 Å².